The Morgan fingerprint density at radius 3 is 2.87 bits per heavy atom. The van der Waals surface area contributed by atoms with Gasteiger partial charge in [0.05, 0.1) is 11.2 Å². The summed E-state index contributed by atoms with van der Waals surface area (Å²) in [6.07, 6.45) is 1.84. The van der Waals surface area contributed by atoms with Gasteiger partial charge in [0.2, 0.25) is 0 Å². The molecule has 1 aliphatic heterocycles. The minimum Gasteiger partial charge on any atom is -0.506 e. The van der Waals surface area contributed by atoms with Gasteiger partial charge in [0.15, 0.2) is 0 Å². The van der Waals surface area contributed by atoms with Crippen LogP contribution in [0.4, 0.5) is 16.2 Å². The van der Waals surface area contributed by atoms with Gasteiger partial charge in [-0.2, -0.15) is 0 Å². The normalized spacial score (nSPS) is 15.5. The molecular weight excluding hydrogens is 418 g/mol. The number of aromatic nitrogens is 2. The number of hydrogen-bond acceptors (Lipinski definition) is 3. The summed E-state index contributed by atoms with van der Waals surface area (Å²) in [5.41, 5.74) is 10.2. The van der Waals surface area contributed by atoms with E-state index < -0.39 is 6.03 Å². The summed E-state index contributed by atoms with van der Waals surface area (Å²) in [6, 6.07) is 7.92. The molecule has 4 aromatic rings. The molecule has 0 bridgehead atoms. The summed E-state index contributed by atoms with van der Waals surface area (Å²) in [6.45, 7) is 2.38. The van der Waals surface area contributed by atoms with E-state index in [9.17, 15) is 14.7 Å². The second-order valence-electron chi connectivity index (χ2n) is 7.79. The van der Waals surface area contributed by atoms with Crippen LogP contribution in [-0.4, -0.2) is 39.4 Å². The number of nitrogens with zero attached hydrogens (tertiary/aromatic N) is 1. The number of carbonyl (C=O) groups is 2. The Morgan fingerprint density at radius 1 is 1.32 bits per heavy atom. The highest BCUT2D eigenvalue weighted by atomic mass is 35.5. The van der Waals surface area contributed by atoms with Crippen LogP contribution in [-0.2, 0) is 0 Å². The molecule has 5 rings (SSSR count). The van der Waals surface area contributed by atoms with E-state index in [1.54, 1.807) is 35.2 Å². The summed E-state index contributed by atoms with van der Waals surface area (Å²) >= 11 is 6.27. The monoisotopic (exact) mass is 437 g/mol. The largest absolute Gasteiger partial charge is 0.506 e. The Hall–Kier alpha value is -3.65. The molecule has 1 unspecified atom stereocenters. The lowest BCUT2D eigenvalue weighted by Crippen LogP contribution is -2.30. The third-order valence-corrected chi connectivity index (χ3v) is 6.18. The maximum atomic E-state index is 13.4. The number of aromatic amines is 2. The Balaban J connectivity index is 1.58. The maximum Gasteiger partial charge on any atom is 0.316 e. The number of phenols is 1. The molecule has 158 valence electrons. The molecule has 31 heavy (non-hydrogen) atoms. The first-order chi connectivity index (χ1) is 14.9. The molecule has 0 radical (unpaired) electrons. The molecule has 0 aliphatic carbocycles. The Bertz CT molecular complexity index is 1370. The second-order valence-corrected chi connectivity index (χ2v) is 8.10. The number of carbonyl (C=O) groups excluding carboxylic acids is 2. The van der Waals surface area contributed by atoms with E-state index in [-0.39, 0.29) is 17.6 Å². The smallest absolute Gasteiger partial charge is 0.316 e. The lowest BCUT2D eigenvalue weighted by Gasteiger charge is -2.17. The van der Waals surface area contributed by atoms with E-state index in [1.165, 1.54) is 0 Å². The highest BCUT2D eigenvalue weighted by molar-refractivity contribution is 6.19. The molecule has 3 heterocycles. The van der Waals surface area contributed by atoms with E-state index in [0.717, 1.165) is 27.4 Å². The average molecular weight is 438 g/mol. The molecule has 9 heteroatoms. The molecular formula is C22H20ClN5O3. The number of fused-ring (bicyclic) bond motifs is 4. The lowest BCUT2D eigenvalue weighted by atomic mass is 9.97. The van der Waals surface area contributed by atoms with Gasteiger partial charge in [-0.15, -0.1) is 11.6 Å². The van der Waals surface area contributed by atoms with Gasteiger partial charge in [-0.1, -0.05) is 0 Å². The first-order valence-corrected chi connectivity index (χ1v) is 10.3. The van der Waals surface area contributed by atoms with Crippen LogP contribution in [0.25, 0.3) is 21.8 Å². The number of nitrogens with one attached hydrogen (secondary N) is 3. The number of urea groups is 1. The summed E-state index contributed by atoms with van der Waals surface area (Å²) in [7, 11) is 0. The number of rotatable bonds is 3. The molecule has 1 atom stereocenters. The predicted molar refractivity (Wildman–Crippen MR) is 121 cm³/mol. The molecule has 0 saturated carbocycles. The van der Waals surface area contributed by atoms with Crippen LogP contribution < -0.4 is 16.0 Å². The molecule has 6 N–H and O–H groups in total. The number of phenolic OH excluding ortho intramolecular Hbond substituents is 1. The molecule has 3 amide bonds. The quantitative estimate of drug-likeness (QED) is 0.309. The number of halogens is 1. The maximum absolute atomic E-state index is 13.4. The van der Waals surface area contributed by atoms with Crippen LogP contribution in [0.2, 0.25) is 0 Å². The number of H-pyrrole nitrogens is 2. The van der Waals surface area contributed by atoms with Crippen molar-refractivity contribution in [1.82, 2.24) is 9.97 Å². The molecule has 8 nitrogen and oxygen atoms in total. The van der Waals surface area contributed by atoms with E-state index in [0.29, 0.717) is 35.0 Å². The molecule has 0 fully saturated rings. The van der Waals surface area contributed by atoms with Gasteiger partial charge < -0.3 is 31.0 Å². The van der Waals surface area contributed by atoms with Crippen molar-refractivity contribution in [1.29, 1.82) is 0 Å². The third kappa shape index (κ3) is 2.98. The van der Waals surface area contributed by atoms with Crippen molar-refractivity contribution in [2.75, 3.05) is 22.6 Å². The summed E-state index contributed by atoms with van der Waals surface area (Å²) in [5, 5.41) is 14.7. The molecule has 0 saturated heterocycles. The van der Waals surface area contributed by atoms with Crippen molar-refractivity contribution < 1.29 is 14.7 Å². The van der Waals surface area contributed by atoms with E-state index in [2.05, 4.69) is 15.3 Å². The number of aromatic hydroxyl groups is 1. The molecule has 1 aliphatic rings. The predicted octanol–water partition coefficient (Wildman–Crippen LogP) is 4.14. The minimum atomic E-state index is -0.654. The third-order valence-electron chi connectivity index (χ3n) is 5.80. The number of hydrogen-bond donors (Lipinski definition) is 5. The van der Waals surface area contributed by atoms with Crippen LogP contribution in [0, 0.1) is 6.92 Å². The molecule has 2 aromatic carbocycles. The van der Waals surface area contributed by atoms with Gasteiger partial charge in [-0.25, -0.2) is 4.79 Å². The zero-order valence-corrected chi connectivity index (χ0v) is 17.4. The number of benzene rings is 2. The zero-order chi connectivity index (χ0) is 21.9. The standard InChI is InChI=1S/C22H20ClN5O3/c1-10-8-25-20-17(29)6-16-19(18(10)20)12(7-23)9-28(16)21(30)15-5-11-4-13(26-22(24)31)2-3-14(11)27-15/h2-6,8,12,25,27,29H,7,9H2,1H3,(H3,24,26,31). The van der Waals surface area contributed by atoms with Crippen molar-refractivity contribution in [2.24, 2.45) is 5.73 Å². The van der Waals surface area contributed by atoms with Crippen LogP contribution in [0.15, 0.2) is 36.5 Å². The fourth-order valence-electron chi connectivity index (χ4n) is 4.46. The molecule has 0 spiro atoms. The fraction of sp³-hybridized carbons (Fsp3) is 0.182. The SMILES string of the molecule is Cc1c[nH]c2c(O)cc3c(c12)C(CCl)CN3C(=O)c1cc2cc(NC(N)=O)ccc2[nH]1. The topological polar surface area (TPSA) is 127 Å². The van der Waals surface area contributed by atoms with Crippen molar-refractivity contribution in [3.05, 3.63) is 53.3 Å². The Morgan fingerprint density at radius 2 is 2.13 bits per heavy atom. The van der Waals surface area contributed by atoms with Crippen LogP contribution in [0.1, 0.15) is 27.5 Å². The van der Waals surface area contributed by atoms with Gasteiger partial charge in [0, 0.05) is 52.6 Å². The van der Waals surface area contributed by atoms with Gasteiger partial charge in [0.25, 0.3) is 5.91 Å². The number of alkyl halides is 1. The van der Waals surface area contributed by atoms with E-state index in [4.69, 9.17) is 17.3 Å². The van der Waals surface area contributed by atoms with Gasteiger partial charge >= 0.3 is 6.03 Å². The number of primary amides is 1. The Labute approximate surface area is 182 Å². The summed E-state index contributed by atoms with van der Waals surface area (Å²) < 4.78 is 0. The van der Waals surface area contributed by atoms with Gasteiger partial charge in [-0.05, 0) is 42.3 Å². The van der Waals surface area contributed by atoms with Crippen LogP contribution in [0.3, 0.4) is 0 Å². The number of amides is 3. The first kappa shape index (κ1) is 19.3. The number of nitrogens with two attached hydrogens (primary N) is 1. The first-order valence-electron chi connectivity index (χ1n) is 9.78. The van der Waals surface area contributed by atoms with E-state index in [1.807, 2.05) is 13.1 Å². The summed E-state index contributed by atoms with van der Waals surface area (Å²) in [5.74, 6) is 0.180. The number of anilines is 2. The zero-order valence-electron chi connectivity index (χ0n) is 16.6. The molecule has 2 aromatic heterocycles. The van der Waals surface area contributed by atoms with Gasteiger partial charge in [0.1, 0.15) is 11.4 Å². The highest BCUT2D eigenvalue weighted by Gasteiger charge is 2.36. The van der Waals surface area contributed by atoms with Crippen LogP contribution >= 0.6 is 11.6 Å². The fourth-order valence-corrected chi connectivity index (χ4v) is 4.71. The average Bonchev–Trinajstić information content (AvgIpc) is 3.42. The van der Waals surface area contributed by atoms with E-state index >= 15 is 0 Å². The van der Waals surface area contributed by atoms with Crippen molar-refractivity contribution >= 4 is 56.7 Å². The lowest BCUT2D eigenvalue weighted by molar-refractivity contribution is 0.0984. The minimum absolute atomic E-state index is 0.0473. The second kappa shape index (κ2) is 6.95. The summed E-state index contributed by atoms with van der Waals surface area (Å²) in [4.78, 5) is 32.4. The Kier molecular flexibility index (Phi) is 4.33. The highest BCUT2D eigenvalue weighted by Crippen LogP contribution is 2.46. The van der Waals surface area contributed by atoms with Crippen molar-refractivity contribution in [3.8, 4) is 5.75 Å². The van der Waals surface area contributed by atoms with Gasteiger partial charge in [-0.3, -0.25) is 4.79 Å². The van der Waals surface area contributed by atoms with Crippen LogP contribution in [0.5, 0.6) is 5.75 Å². The van der Waals surface area contributed by atoms with Crippen molar-refractivity contribution in [2.45, 2.75) is 12.8 Å². The van der Waals surface area contributed by atoms with Crippen molar-refractivity contribution in [3.63, 3.8) is 0 Å². The number of aryl methyl sites for hydroxylation is 1.